The molecule has 1 aromatic carbocycles. The number of thiophene rings is 1. The van der Waals surface area contributed by atoms with E-state index in [-0.39, 0.29) is 37.5 Å². The van der Waals surface area contributed by atoms with Crippen molar-refractivity contribution in [2.45, 2.75) is 25.4 Å². The highest BCUT2D eigenvalue weighted by Gasteiger charge is 2.24. The lowest BCUT2D eigenvalue weighted by molar-refractivity contribution is 0.152. The molecule has 0 unspecified atom stereocenters. The van der Waals surface area contributed by atoms with Gasteiger partial charge in [0.25, 0.3) is 0 Å². The van der Waals surface area contributed by atoms with Crippen molar-refractivity contribution < 1.29 is 9.84 Å². The highest BCUT2D eigenvalue weighted by molar-refractivity contribution is 7.12. The van der Waals surface area contributed by atoms with Crippen LogP contribution in [0, 0.1) is 0 Å². The summed E-state index contributed by atoms with van der Waals surface area (Å²) in [5.41, 5.74) is 7.97. The molecule has 0 amide bonds. The zero-order valence-electron chi connectivity index (χ0n) is 14.6. The van der Waals surface area contributed by atoms with E-state index in [0.717, 1.165) is 47.8 Å². The molecule has 0 spiro atoms. The molecule has 1 atom stereocenters. The zero-order valence-corrected chi connectivity index (χ0v) is 17.1. The van der Waals surface area contributed by atoms with Gasteiger partial charge in [0.2, 0.25) is 0 Å². The SMILES string of the molecule is COc1ccc(N=C(N)c2cccs2)cc1CN1CCC[C@@H]1CO.Cl.Cl. The number of ether oxygens (including phenoxy) is 1. The van der Waals surface area contributed by atoms with Gasteiger partial charge < -0.3 is 15.6 Å². The Bertz CT molecular complexity index is 710. The molecule has 2 aromatic rings. The van der Waals surface area contributed by atoms with Crippen molar-refractivity contribution in [3.8, 4) is 5.75 Å². The minimum absolute atomic E-state index is 0. The van der Waals surface area contributed by atoms with E-state index in [0.29, 0.717) is 5.84 Å². The van der Waals surface area contributed by atoms with Crippen LogP contribution in [0.5, 0.6) is 5.75 Å². The van der Waals surface area contributed by atoms with Crippen LogP contribution in [0.1, 0.15) is 23.3 Å². The quantitative estimate of drug-likeness (QED) is 0.556. The molecule has 1 saturated heterocycles. The number of aliphatic hydroxyl groups is 1. The first-order chi connectivity index (χ1) is 11.7. The molecule has 8 heteroatoms. The summed E-state index contributed by atoms with van der Waals surface area (Å²) < 4.78 is 5.49. The van der Waals surface area contributed by atoms with Crippen LogP contribution >= 0.6 is 36.2 Å². The number of methoxy groups -OCH3 is 1. The molecule has 26 heavy (non-hydrogen) atoms. The second-order valence-corrected chi connectivity index (χ2v) is 6.87. The van der Waals surface area contributed by atoms with Gasteiger partial charge in [0.15, 0.2) is 0 Å². The van der Waals surface area contributed by atoms with E-state index in [1.54, 1.807) is 18.4 Å². The largest absolute Gasteiger partial charge is 0.496 e. The van der Waals surface area contributed by atoms with Crippen molar-refractivity contribution in [1.29, 1.82) is 0 Å². The predicted octanol–water partition coefficient (Wildman–Crippen LogP) is 3.59. The second-order valence-electron chi connectivity index (χ2n) is 5.92. The Morgan fingerprint density at radius 2 is 2.19 bits per heavy atom. The van der Waals surface area contributed by atoms with Gasteiger partial charge in [-0.3, -0.25) is 4.90 Å². The normalized spacial score (nSPS) is 17.5. The minimum atomic E-state index is 0. The van der Waals surface area contributed by atoms with Crippen LogP contribution in [-0.2, 0) is 6.54 Å². The van der Waals surface area contributed by atoms with Crippen molar-refractivity contribution in [1.82, 2.24) is 4.90 Å². The Labute approximate surface area is 170 Å². The highest BCUT2D eigenvalue weighted by Crippen LogP contribution is 2.29. The van der Waals surface area contributed by atoms with Gasteiger partial charge in [0.05, 0.1) is 24.3 Å². The van der Waals surface area contributed by atoms with E-state index in [1.165, 1.54) is 0 Å². The molecule has 0 radical (unpaired) electrons. The Balaban J connectivity index is 0.00000169. The summed E-state index contributed by atoms with van der Waals surface area (Å²) in [7, 11) is 1.68. The molecule has 144 valence electrons. The summed E-state index contributed by atoms with van der Waals surface area (Å²) >= 11 is 1.58. The number of nitrogens with two attached hydrogens (primary N) is 1. The maximum atomic E-state index is 9.51. The number of halogens is 2. The predicted molar refractivity (Wildman–Crippen MR) is 113 cm³/mol. The summed E-state index contributed by atoms with van der Waals surface area (Å²) in [6.07, 6.45) is 2.17. The molecular formula is C18H25Cl2N3O2S. The first-order valence-corrected chi connectivity index (χ1v) is 8.99. The van der Waals surface area contributed by atoms with E-state index < -0.39 is 0 Å². The van der Waals surface area contributed by atoms with E-state index in [2.05, 4.69) is 9.89 Å². The first kappa shape index (κ1) is 22.7. The third kappa shape index (κ3) is 5.34. The van der Waals surface area contributed by atoms with Crippen molar-refractivity contribution >= 4 is 47.7 Å². The Morgan fingerprint density at radius 3 is 2.85 bits per heavy atom. The molecule has 3 rings (SSSR count). The lowest BCUT2D eigenvalue weighted by Gasteiger charge is -2.23. The molecule has 0 saturated carbocycles. The van der Waals surface area contributed by atoms with Crippen molar-refractivity contribution in [2.24, 2.45) is 10.7 Å². The third-order valence-corrected chi connectivity index (χ3v) is 5.26. The molecule has 1 aromatic heterocycles. The monoisotopic (exact) mass is 417 g/mol. The molecule has 2 heterocycles. The smallest absolute Gasteiger partial charge is 0.141 e. The number of amidine groups is 1. The van der Waals surface area contributed by atoms with Gasteiger partial charge in [-0.25, -0.2) is 4.99 Å². The first-order valence-electron chi connectivity index (χ1n) is 8.11. The summed E-state index contributed by atoms with van der Waals surface area (Å²) in [5, 5.41) is 11.5. The fourth-order valence-corrected chi connectivity index (χ4v) is 3.73. The second kappa shape index (κ2) is 10.7. The van der Waals surface area contributed by atoms with E-state index >= 15 is 0 Å². The number of rotatable bonds is 6. The molecule has 5 nitrogen and oxygen atoms in total. The van der Waals surface area contributed by atoms with Crippen LogP contribution in [0.25, 0.3) is 0 Å². The fourth-order valence-electron chi connectivity index (χ4n) is 3.11. The molecular weight excluding hydrogens is 393 g/mol. The molecule has 0 bridgehead atoms. The lowest BCUT2D eigenvalue weighted by atomic mass is 10.1. The average Bonchev–Trinajstić information content (AvgIpc) is 3.26. The summed E-state index contributed by atoms with van der Waals surface area (Å²) in [6.45, 7) is 1.95. The van der Waals surface area contributed by atoms with Crippen molar-refractivity contribution in [3.63, 3.8) is 0 Å². The maximum absolute atomic E-state index is 9.51. The average molecular weight is 418 g/mol. The number of aliphatic imine (C=N–C) groups is 1. The number of hydrogen-bond donors (Lipinski definition) is 2. The van der Waals surface area contributed by atoms with E-state index in [4.69, 9.17) is 10.5 Å². The van der Waals surface area contributed by atoms with Crippen LogP contribution in [0.4, 0.5) is 5.69 Å². The summed E-state index contributed by atoms with van der Waals surface area (Å²) in [4.78, 5) is 7.80. The molecule has 0 aliphatic carbocycles. The van der Waals surface area contributed by atoms with Crippen LogP contribution in [0.2, 0.25) is 0 Å². The maximum Gasteiger partial charge on any atom is 0.141 e. The van der Waals surface area contributed by atoms with E-state index in [1.807, 2.05) is 35.7 Å². The van der Waals surface area contributed by atoms with Crippen LogP contribution in [0.15, 0.2) is 40.7 Å². The standard InChI is InChI=1S/C18H23N3O2S.2ClH/c1-23-16-7-6-14(20-18(19)17-5-3-9-24-17)10-13(16)11-21-8-2-4-15(21)12-22;;/h3,5-7,9-10,15,22H,2,4,8,11-12H2,1H3,(H2,19,20);2*1H/t15-;;/m1../s1. The van der Waals surface area contributed by atoms with Gasteiger partial charge >= 0.3 is 0 Å². The topological polar surface area (TPSA) is 71.1 Å². The van der Waals surface area contributed by atoms with Crippen LogP contribution in [-0.4, -0.2) is 42.1 Å². The van der Waals surface area contributed by atoms with Gasteiger partial charge in [-0.15, -0.1) is 36.2 Å². The number of likely N-dealkylation sites (tertiary alicyclic amines) is 1. The van der Waals surface area contributed by atoms with Gasteiger partial charge in [-0.05, 0) is 49.0 Å². The zero-order chi connectivity index (χ0) is 16.9. The molecule has 1 aliphatic heterocycles. The van der Waals surface area contributed by atoms with Crippen LogP contribution in [0.3, 0.4) is 0 Å². The van der Waals surface area contributed by atoms with Gasteiger partial charge in [0, 0.05) is 18.2 Å². The van der Waals surface area contributed by atoms with Gasteiger partial charge in [-0.2, -0.15) is 0 Å². The van der Waals surface area contributed by atoms with Gasteiger partial charge in [0.1, 0.15) is 11.6 Å². The van der Waals surface area contributed by atoms with Crippen molar-refractivity contribution in [2.75, 3.05) is 20.3 Å². The lowest BCUT2D eigenvalue weighted by Crippen LogP contribution is -2.31. The highest BCUT2D eigenvalue weighted by atomic mass is 35.5. The molecule has 1 aliphatic rings. The van der Waals surface area contributed by atoms with E-state index in [9.17, 15) is 5.11 Å². The van der Waals surface area contributed by atoms with Gasteiger partial charge in [-0.1, -0.05) is 6.07 Å². The minimum Gasteiger partial charge on any atom is -0.496 e. The molecule has 1 fully saturated rings. The molecule has 3 N–H and O–H groups in total. The number of nitrogens with zero attached hydrogens (tertiary/aromatic N) is 2. The number of aliphatic hydroxyl groups excluding tert-OH is 1. The van der Waals surface area contributed by atoms with Crippen LogP contribution < -0.4 is 10.5 Å². The third-order valence-electron chi connectivity index (χ3n) is 4.37. The fraction of sp³-hybridized carbons (Fsp3) is 0.389. The Hall–Kier alpha value is -1.31. The summed E-state index contributed by atoms with van der Waals surface area (Å²) in [6, 6.07) is 10.0. The Morgan fingerprint density at radius 1 is 1.38 bits per heavy atom. The Kier molecular flexibility index (Phi) is 9.39. The summed E-state index contributed by atoms with van der Waals surface area (Å²) in [5.74, 6) is 1.36. The number of benzene rings is 1. The number of hydrogen-bond acceptors (Lipinski definition) is 5. The van der Waals surface area contributed by atoms with Crippen molar-refractivity contribution in [3.05, 3.63) is 46.2 Å².